The third-order valence-corrected chi connectivity index (χ3v) is 4.94. The summed E-state index contributed by atoms with van der Waals surface area (Å²) in [6, 6.07) is 1.85. The van der Waals surface area contributed by atoms with Crippen LogP contribution in [-0.4, -0.2) is 18.4 Å². The Labute approximate surface area is 114 Å². The van der Waals surface area contributed by atoms with Crippen molar-refractivity contribution < 1.29 is 12.8 Å². The fraction of sp³-hybridized carbons (Fsp3) is 0.273. The number of aromatic nitrogens is 2. The number of aryl methyl sites for hydroxylation is 1. The minimum absolute atomic E-state index is 0.537. The predicted octanol–water partition coefficient (Wildman–Crippen LogP) is 2.03. The number of pyridine rings is 1. The summed E-state index contributed by atoms with van der Waals surface area (Å²) < 4.78 is 39.8. The molecule has 1 N–H and O–H groups in total. The number of hydrogen-bond acceptors (Lipinski definition) is 5. The van der Waals surface area contributed by atoms with E-state index in [0.29, 0.717) is 5.01 Å². The molecule has 0 aliphatic rings. The van der Waals surface area contributed by atoms with Crippen molar-refractivity contribution in [3.8, 4) is 0 Å². The van der Waals surface area contributed by atoms with E-state index in [2.05, 4.69) is 14.7 Å². The lowest BCUT2D eigenvalue weighted by molar-refractivity contribution is 0.535. The molecule has 2 aromatic rings. The second kappa shape index (κ2) is 5.32. The van der Waals surface area contributed by atoms with Crippen LogP contribution in [0.5, 0.6) is 0 Å². The van der Waals surface area contributed by atoms with Gasteiger partial charge in [0.25, 0.3) is 10.0 Å². The molecule has 0 aliphatic carbocycles. The van der Waals surface area contributed by atoms with Crippen molar-refractivity contribution in [2.75, 3.05) is 0 Å². The van der Waals surface area contributed by atoms with E-state index in [4.69, 9.17) is 0 Å². The highest BCUT2D eigenvalue weighted by Gasteiger charge is 2.24. The number of hydrogen-bond donors (Lipinski definition) is 1. The molecule has 0 aromatic carbocycles. The lowest BCUT2D eigenvalue weighted by Crippen LogP contribution is -2.28. The lowest BCUT2D eigenvalue weighted by atomic mass is 10.4. The van der Waals surface area contributed by atoms with Crippen molar-refractivity contribution in [3.63, 3.8) is 0 Å². The monoisotopic (exact) mass is 301 g/mol. The minimum Gasteiger partial charge on any atom is -0.245 e. The van der Waals surface area contributed by atoms with E-state index in [1.807, 2.05) is 12.3 Å². The standard InChI is InChI=1S/C11H12FN3O2S2/c1-7-6-18-10(14-7)8(2)15-19(16,17)11-9(12)4-3-5-13-11/h3-6,8,15H,1-2H3. The highest BCUT2D eigenvalue weighted by atomic mass is 32.2. The molecule has 2 aromatic heterocycles. The van der Waals surface area contributed by atoms with E-state index in [0.717, 1.165) is 11.8 Å². The Hall–Kier alpha value is -1.38. The average Bonchev–Trinajstić information content (AvgIpc) is 2.76. The molecule has 2 rings (SSSR count). The van der Waals surface area contributed by atoms with E-state index in [-0.39, 0.29) is 0 Å². The average molecular weight is 301 g/mol. The quantitative estimate of drug-likeness (QED) is 0.938. The van der Waals surface area contributed by atoms with E-state index in [1.165, 1.54) is 23.6 Å². The fourth-order valence-electron chi connectivity index (χ4n) is 1.48. The molecule has 1 atom stereocenters. The van der Waals surface area contributed by atoms with Crippen LogP contribution in [0.2, 0.25) is 0 Å². The van der Waals surface area contributed by atoms with E-state index in [1.54, 1.807) is 6.92 Å². The summed E-state index contributed by atoms with van der Waals surface area (Å²) in [7, 11) is -4.00. The van der Waals surface area contributed by atoms with Crippen LogP contribution in [0.4, 0.5) is 4.39 Å². The molecule has 0 radical (unpaired) electrons. The van der Waals surface area contributed by atoms with Gasteiger partial charge in [-0.2, -0.15) is 0 Å². The van der Waals surface area contributed by atoms with Crippen LogP contribution < -0.4 is 4.72 Å². The predicted molar refractivity (Wildman–Crippen MR) is 69.8 cm³/mol. The molecular formula is C11H12FN3O2S2. The van der Waals surface area contributed by atoms with Gasteiger partial charge in [0.05, 0.1) is 6.04 Å². The van der Waals surface area contributed by atoms with Gasteiger partial charge in [-0.25, -0.2) is 27.5 Å². The molecule has 0 saturated carbocycles. The van der Waals surface area contributed by atoms with Crippen LogP contribution in [0.3, 0.4) is 0 Å². The van der Waals surface area contributed by atoms with Crippen molar-refractivity contribution in [1.29, 1.82) is 0 Å². The van der Waals surface area contributed by atoms with Gasteiger partial charge in [0.15, 0.2) is 5.82 Å². The molecule has 0 spiro atoms. The zero-order chi connectivity index (χ0) is 14.0. The Balaban J connectivity index is 2.25. The van der Waals surface area contributed by atoms with Gasteiger partial charge < -0.3 is 0 Å². The number of sulfonamides is 1. The van der Waals surface area contributed by atoms with Crippen molar-refractivity contribution in [1.82, 2.24) is 14.7 Å². The van der Waals surface area contributed by atoms with Crippen LogP contribution in [0, 0.1) is 12.7 Å². The Kier molecular flexibility index (Phi) is 3.93. The van der Waals surface area contributed by atoms with E-state index in [9.17, 15) is 12.8 Å². The zero-order valence-electron chi connectivity index (χ0n) is 10.3. The molecular weight excluding hydrogens is 289 g/mol. The maximum Gasteiger partial charge on any atom is 0.261 e. The molecule has 0 saturated heterocycles. The highest BCUT2D eigenvalue weighted by Crippen LogP contribution is 2.20. The molecule has 0 aliphatic heterocycles. The van der Waals surface area contributed by atoms with Gasteiger partial charge in [0.1, 0.15) is 5.01 Å². The van der Waals surface area contributed by atoms with Crippen molar-refractivity contribution in [2.45, 2.75) is 24.9 Å². The summed E-state index contributed by atoms with van der Waals surface area (Å²) >= 11 is 1.35. The second-order valence-electron chi connectivity index (χ2n) is 3.96. The molecule has 1 unspecified atom stereocenters. The van der Waals surface area contributed by atoms with Crippen LogP contribution in [0.15, 0.2) is 28.7 Å². The topological polar surface area (TPSA) is 72.0 Å². The van der Waals surface area contributed by atoms with Gasteiger partial charge in [-0.3, -0.25) is 0 Å². The molecule has 2 heterocycles. The molecule has 8 heteroatoms. The SMILES string of the molecule is Cc1csc(C(C)NS(=O)(=O)c2ncccc2F)n1. The van der Waals surface area contributed by atoms with Crippen LogP contribution in [0.1, 0.15) is 23.7 Å². The largest absolute Gasteiger partial charge is 0.261 e. The van der Waals surface area contributed by atoms with Crippen LogP contribution in [-0.2, 0) is 10.0 Å². The fourth-order valence-corrected chi connectivity index (χ4v) is 3.57. The third kappa shape index (κ3) is 3.14. The minimum atomic E-state index is -4.00. The van der Waals surface area contributed by atoms with Gasteiger partial charge in [-0.1, -0.05) is 0 Å². The smallest absolute Gasteiger partial charge is 0.245 e. The number of nitrogens with one attached hydrogen (secondary N) is 1. The number of nitrogens with zero attached hydrogens (tertiary/aromatic N) is 2. The molecule has 0 amide bonds. The summed E-state index contributed by atoms with van der Waals surface area (Å²) in [5, 5.41) is 1.84. The Morgan fingerprint density at radius 1 is 1.47 bits per heavy atom. The second-order valence-corrected chi connectivity index (χ2v) is 6.48. The maximum absolute atomic E-state index is 13.4. The summed E-state index contributed by atoms with van der Waals surface area (Å²) in [6.07, 6.45) is 1.23. The lowest BCUT2D eigenvalue weighted by Gasteiger charge is -2.11. The van der Waals surface area contributed by atoms with Gasteiger partial charge in [0.2, 0.25) is 5.03 Å². The van der Waals surface area contributed by atoms with Gasteiger partial charge in [-0.05, 0) is 26.0 Å². The molecule has 0 fully saturated rings. The normalized spacial score (nSPS) is 13.4. The molecule has 19 heavy (non-hydrogen) atoms. The summed E-state index contributed by atoms with van der Waals surface area (Å²) in [4.78, 5) is 7.75. The maximum atomic E-state index is 13.4. The summed E-state index contributed by atoms with van der Waals surface area (Å²) in [5.41, 5.74) is 0.815. The van der Waals surface area contributed by atoms with E-state index < -0.39 is 26.9 Å². The Bertz CT molecular complexity index is 685. The van der Waals surface area contributed by atoms with Gasteiger partial charge >= 0.3 is 0 Å². The third-order valence-electron chi connectivity index (χ3n) is 2.32. The Morgan fingerprint density at radius 2 is 2.21 bits per heavy atom. The van der Waals surface area contributed by atoms with Crippen molar-refractivity contribution >= 4 is 21.4 Å². The number of halogens is 1. The summed E-state index contributed by atoms with van der Waals surface area (Å²) in [6.45, 7) is 3.47. The molecule has 102 valence electrons. The first-order valence-electron chi connectivity index (χ1n) is 5.45. The van der Waals surface area contributed by atoms with Crippen molar-refractivity contribution in [3.05, 3.63) is 40.2 Å². The van der Waals surface area contributed by atoms with E-state index >= 15 is 0 Å². The summed E-state index contributed by atoms with van der Waals surface area (Å²) in [5.74, 6) is -0.877. The first-order chi connectivity index (χ1) is 8.90. The first-order valence-corrected chi connectivity index (χ1v) is 7.81. The van der Waals surface area contributed by atoms with Crippen molar-refractivity contribution in [2.24, 2.45) is 0 Å². The number of thiazole rings is 1. The number of rotatable bonds is 4. The molecule has 5 nitrogen and oxygen atoms in total. The zero-order valence-corrected chi connectivity index (χ0v) is 11.9. The Morgan fingerprint density at radius 3 is 2.79 bits per heavy atom. The van der Waals surface area contributed by atoms with Gasteiger partial charge in [0, 0.05) is 17.3 Å². The molecule has 0 bridgehead atoms. The van der Waals surface area contributed by atoms with Gasteiger partial charge in [-0.15, -0.1) is 11.3 Å². The highest BCUT2D eigenvalue weighted by molar-refractivity contribution is 7.89. The first kappa shape index (κ1) is 14.0. The van der Waals surface area contributed by atoms with Crippen LogP contribution >= 0.6 is 11.3 Å². The van der Waals surface area contributed by atoms with Crippen LogP contribution in [0.25, 0.3) is 0 Å².